The molecule has 172 valence electrons. The molecule has 5 nitrogen and oxygen atoms in total. The first-order chi connectivity index (χ1) is 14.8. The van der Waals surface area contributed by atoms with E-state index in [1.807, 2.05) is 11.9 Å². The Labute approximate surface area is 188 Å². The quantitative estimate of drug-likeness (QED) is 0.358. The summed E-state index contributed by atoms with van der Waals surface area (Å²) in [6, 6.07) is 7.45. The van der Waals surface area contributed by atoms with Gasteiger partial charge in [0.2, 0.25) is 0 Å². The monoisotopic (exact) mass is 442 g/mol. The highest BCUT2D eigenvalue weighted by atomic mass is 19.3. The molecule has 2 aromatic rings. The number of aromatic hydroxyl groups is 1. The summed E-state index contributed by atoms with van der Waals surface area (Å²) in [5.74, 6) is 0.135. The lowest BCUT2D eigenvalue weighted by Crippen LogP contribution is -2.62. The fourth-order valence-electron chi connectivity index (χ4n) is 4.76. The molecule has 1 aliphatic rings. The van der Waals surface area contributed by atoms with Crippen molar-refractivity contribution < 1.29 is 13.9 Å². The van der Waals surface area contributed by atoms with Gasteiger partial charge in [-0.1, -0.05) is 12.1 Å². The molecule has 0 aliphatic carbocycles. The van der Waals surface area contributed by atoms with E-state index in [9.17, 15) is 13.9 Å². The van der Waals surface area contributed by atoms with Gasteiger partial charge in [0.15, 0.2) is 0 Å². The molecule has 4 N–H and O–H groups in total. The van der Waals surface area contributed by atoms with Crippen LogP contribution in [-0.2, 0) is 0 Å². The number of fused-ring (bicyclic) bond motifs is 1. The maximum atomic E-state index is 12.9. The number of amidine groups is 1. The minimum atomic E-state index is -2.58. The van der Waals surface area contributed by atoms with Gasteiger partial charge in [0.05, 0.1) is 5.71 Å². The minimum Gasteiger partial charge on any atom is -0.507 e. The Morgan fingerprint density at radius 3 is 2.28 bits per heavy atom. The molecule has 0 unspecified atom stereocenters. The Hall–Kier alpha value is -2.80. The highest BCUT2D eigenvalue weighted by Gasteiger charge is 2.39. The maximum absolute atomic E-state index is 12.9. The van der Waals surface area contributed by atoms with Crippen molar-refractivity contribution >= 4 is 22.3 Å². The van der Waals surface area contributed by atoms with Crippen LogP contribution in [0.25, 0.3) is 10.8 Å². The van der Waals surface area contributed by atoms with Gasteiger partial charge >= 0.3 is 0 Å². The summed E-state index contributed by atoms with van der Waals surface area (Å²) < 4.78 is 25.9. The standard InChI is InChI=1S/C25H32F2N4O/c1-24(2)13-18(14-25(3,4)30-24)31(5)22(29)9-8-20(28)19-11-15-6-7-16(23(26)27)10-17(15)12-21(19)32/h6-12,18,23,28-30,32H,13-14H2,1-5H3/b9-8-,28-20?,29-22?. The van der Waals surface area contributed by atoms with Crippen LogP contribution in [-0.4, -0.2) is 45.7 Å². The summed E-state index contributed by atoms with van der Waals surface area (Å²) in [6.45, 7) is 8.65. The summed E-state index contributed by atoms with van der Waals surface area (Å²) in [6.07, 6.45) is 2.26. The lowest BCUT2D eigenvalue weighted by molar-refractivity contribution is 0.114. The predicted molar refractivity (Wildman–Crippen MR) is 126 cm³/mol. The number of alkyl halides is 2. The average molecular weight is 443 g/mol. The van der Waals surface area contributed by atoms with Crippen LogP contribution in [0.15, 0.2) is 42.5 Å². The second-order valence-electron chi connectivity index (χ2n) is 9.97. The third kappa shape index (κ3) is 5.33. The largest absolute Gasteiger partial charge is 0.507 e. The van der Waals surface area contributed by atoms with Gasteiger partial charge in [0.25, 0.3) is 6.43 Å². The molecule has 0 atom stereocenters. The Morgan fingerprint density at radius 2 is 1.69 bits per heavy atom. The molecule has 2 aromatic carbocycles. The maximum Gasteiger partial charge on any atom is 0.263 e. The molecule has 1 heterocycles. The summed E-state index contributed by atoms with van der Waals surface area (Å²) >= 11 is 0. The lowest BCUT2D eigenvalue weighted by atomic mass is 9.79. The molecular weight excluding hydrogens is 410 g/mol. The van der Waals surface area contributed by atoms with E-state index in [4.69, 9.17) is 10.8 Å². The van der Waals surface area contributed by atoms with Crippen molar-refractivity contribution in [3.63, 3.8) is 0 Å². The SMILES string of the molecule is CN(C(=N)/C=C\C(=N)c1cc2ccc(C(F)F)cc2cc1O)C1CC(C)(C)NC(C)(C)C1. The van der Waals surface area contributed by atoms with E-state index in [0.717, 1.165) is 12.8 Å². The molecular formula is C25H32F2N4O. The van der Waals surface area contributed by atoms with Crippen molar-refractivity contribution in [3.05, 3.63) is 53.6 Å². The van der Waals surface area contributed by atoms with Crippen molar-refractivity contribution in [3.8, 4) is 5.75 Å². The second kappa shape index (κ2) is 8.62. The fourth-order valence-corrected chi connectivity index (χ4v) is 4.76. The van der Waals surface area contributed by atoms with Crippen molar-refractivity contribution in [2.75, 3.05) is 7.05 Å². The molecule has 1 saturated heterocycles. The number of nitrogens with one attached hydrogen (secondary N) is 3. The third-order valence-corrected chi connectivity index (χ3v) is 6.03. The van der Waals surface area contributed by atoms with Gasteiger partial charge in [-0.25, -0.2) is 8.78 Å². The summed E-state index contributed by atoms with van der Waals surface area (Å²) in [5.41, 5.74) is 0.140. The molecule has 1 aliphatic heterocycles. The summed E-state index contributed by atoms with van der Waals surface area (Å²) in [5, 5.41) is 32.0. The Balaban J connectivity index is 1.76. The van der Waals surface area contributed by atoms with E-state index in [1.165, 1.54) is 24.3 Å². The number of rotatable bonds is 5. The first-order valence-electron chi connectivity index (χ1n) is 10.7. The number of hydrogen-bond acceptors (Lipinski definition) is 4. The lowest BCUT2D eigenvalue weighted by Gasteiger charge is -2.49. The van der Waals surface area contributed by atoms with Gasteiger partial charge in [-0.05, 0) is 81.7 Å². The smallest absolute Gasteiger partial charge is 0.263 e. The zero-order chi connectivity index (χ0) is 23.8. The number of halogens is 2. The normalized spacial score (nSPS) is 18.4. The predicted octanol–water partition coefficient (Wildman–Crippen LogP) is 5.63. The van der Waals surface area contributed by atoms with Gasteiger partial charge in [-0.3, -0.25) is 5.41 Å². The van der Waals surface area contributed by atoms with Crippen LogP contribution < -0.4 is 5.32 Å². The van der Waals surface area contributed by atoms with Crippen LogP contribution in [0, 0.1) is 10.8 Å². The van der Waals surface area contributed by atoms with E-state index in [0.29, 0.717) is 10.8 Å². The number of likely N-dealkylation sites (N-methyl/N-ethyl adjacent to an activating group) is 1. The fraction of sp³-hybridized carbons (Fsp3) is 0.440. The highest BCUT2D eigenvalue weighted by molar-refractivity contribution is 6.12. The van der Waals surface area contributed by atoms with Crippen LogP contribution >= 0.6 is 0 Å². The summed E-state index contributed by atoms with van der Waals surface area (Å²) in [7, 11) is 1.90. The van der Waals surface area contributed by atoms with Gasteiger partial charge in [-0.2, -0.15) is 0 Å². The zero-order valence-corrected chi connectivity index (χ0v) is 19.3. The van der Waals surface area contributed by atoms with Gasteiger partial charge in [0.1, 0.15) is 11.6 Å². The number of allylic oxidation sites excluding steroid dienone is 1. The molecule has 1 fully saturated rings. The molecule has 0 bridgehead atoms. The molecule has 0 amide bonds. The van der Waals surface area contributed by atoms with Crippen LogP contribution in [0.2, 0.25) is 0 Å². The first kappa shape index (κ1) is 23.9. The van der Waals surface area contributed by atoms with Gasteiger partial charge < -0.3 is 20.7 Å². The molecule has 7 heteroatoms. The van der Waals surface area contributed by atoms with Gasteiger partial charge in [-0.15, -0.1) is 0 Å². The Kier molecular flexibility index (Phi) is 6.43. The van der Waals surface area contributed by atoms with Crippen LogP contribution in [0.3, 0.4) is 0 Å². The number of phenols is 1. The molecule has 32 heavy (non-hydrogen) atoms. The average Bonchev–Trinajstić information content (AvgIpc) is 2.67. The minimum absolute atomic E-state index is 0.0432. The van der Waals surface area contributed by atoms with Crippen molar-refractivity contribution in [2.24, 2.45) is 0 Å². The van der Waals surface area contributed by atoms with Crippen molar-refractivity contribution in [1.29, 1.82) is 10.8 Å². The summed E-state index contributed by atoms with van der Waals surface area (Å²) in [4.78, 5) is 1.93. The molecule has 0 radical (unpaired) electrons. The highest BCUT2D eigenvalue weighted by Crippen LogP contribution is 2.32. The van der Waals surface area contributed by atoms with Crippen molar-refractivity contribution in [1.82, 2.24) is 10.2 Å². The molecule has 0 aromatic heterocycles. The van der Waals surface area contributed by atoms with Crippen LogP contribution in [0.4, 0.5) is 8.78 Å². The second-order valence-corrected chi connectivity index (χ2v) is 9.97. The number of piperidine rings is 1. The topological polar surface area (TPSA) is 83.2 Å². The Morgan fingerprint density at radius 1 is 1.06 bits per heavy atom. The van der Waals surface area contributed by atoms with Crippen LogP contribution in [0.1, 0.15) is 58.1 Å². The van der Waals surface area contributed by atoms with E-state index >= 15 is 0 Å². The van der Waals surface area contributed by atoms with E-state index < -0.39 is 6.43 Å². The van der Waals surface area contributed by atoms with Gasteiger partial charge in [0, 0.05) is 35.3 Å². The third-order valence-electron chi connectivity index (χ3n) is 6.03. The first-order valence-corrected chi connectivity index (χ1v) is 10.7. The molecule has 3 rings (SSSR count). The van der Waals surface area contributed by atoms with Crippen LogP contribution in [0.5, 0.6) is 5.75 Å². The molecule has 0 saturated carbocycles. The van der Waals surface area contributed by atoms with E-state index in [1.54, 1.807) is 18.2 Å². The van der Waals surface area contributed by atoms with E-state index in [-0.39, 0.29) is 45.5 Å². The number of benzene rings is 2. The number of phenolic OH excluding ortho intramolecular Hbond substituents is 1. The molecule has 0 spiro atoms. The Bertz CT molecular complexity index is 1060. The number of nitrogens with zero attached hydrogens (tertiary/aromatic N) is 1. The van der Waals surface area contributed by atoms with Crippen molar-refractivity contribution in [2.45, 2.75) is 64.1 Å². The zero-order valence-electron chi connectivity index (χ0n) is 19.3. The van der Waals surface area contributed by atoms with E-state index in [2.05, 4.69) is 33.0 Å². The number of hydrogen-bond donors (Lipinski definition) is 4.